The lowest BCUT2D eigenvalue weighted by molar-refractivity contribution is -0.120. The van der Waals surface area contributed by atoms with Crippen LogP contribution in [0.25, 0.3) is 0 Å². The summed E-state index contributed by atoms with van der Waals surface area (Å²) in [5.41, 5.74) is 1.08. The predicted octanol–water partition coefficient (Wildman–Crippen LogP) is 2.11. The van der Waals surface area contributed by atoms with Crippen molar-refractivity contribution in [1.29, 1.82) is 0 Å². The van der Waals surface area contributed by atoms with Gasteiger partial charge in [-0.05, 0) is 30.2 Å². The first-order chi connectivity index (χ1) is 9.02. The number of carbonyl (C=O) groups is 1. The van der Waals surface area contributed by atoms with E-state index in [1.165, 1.54) is 0 Å². The molecule has 0 aliphatic rings. The van der Waals surface area contributed by atoms with Crippen molar-refractivity contribution < 1.29 is 9.53 Å². The topological polar surface area (TPSA) is 50.4 Å². The van der Waals surface area contributed by atoms with Gasteiger partial charge in [-0.1, -0.05) is 29.8 Å². The maximum atomic E-state index is 11.5. The largest absolute Gasteiger partial charge is 0.496 e. The van der Waals surface area contributed by atoms with Crippen molar-refractivity contribution in [3.05, 3.63) is 28.2 Å². The summed E-state index contributed by atoms with van der Waals surface area (Å²) in [7, 11) is 1.65. The van der Waals surface area contributed by atoms with E-state index < -0.39 is 0 Å². The van der Waals surface area contributed by atoms with Gasteiger partial charge in [0.1, 0.15) is 5.75 Å². The highest BCUT2D eigenvalue weighted by Crippen LogP contribution is 2.22. The quantitative estimate of drug-likeness (QED) is 0.806. The molecule has 0 atom stereocenters. The minimum atomic E-state index is 0.0164. The molecule has 19 heavy (non-hydrogen) atoms. The first-order valence-corrected chi connectivity index (χ1v) is 7.14. The van der Waals surface area contributed by atoms with Gasteiger partial charge < -0.3 is 15.4 Å². The molecule has 0 saturated heterocycles. The molecule has 0 aliphatic carbocycles. The zero-order valence-corrected chi connectivity index (χ0v) is 13.2. The fourth-order valence-corrected chi connectivity index (χ4v) is 2.05. The van der Waals surface area contributed by atoms with Crippen molar-refractivity contribution in [2.45, 2.75) is 26.3 Å². The molecule has 0 spiro atoms. The minimum Gasteiger partial charge on any atom is -0.496 e. The van der Waals surface area contributed by atoms with E-state index in [9.17, 15) is 4.79 Å². The molecule has 0 unspecified atom stereocenters. The van der Waals surface area contributed by atoms with E-state index in [1.54, 1.807) is 7.11 Å². The van der Waals surface area contributed by atoms with Crippen LogP contribution in [0.3, 0.4) is 0 Å². The number of carbonyl (C=O) groups excluding carboxylic acids is 1. The molecule has 0 saturated carbocycles. The molecule has 0 fully saturated rings. The number of ether oxygens (including phenoxy) is 1. The van der Waals surface area contributed by atoms with Gasteiger partial charge in [-0.2, -0.15) is 0 Å². The number of halogens is 1. The molecule has 1 aromatic carbocycles. The Hall–Kier alpha value is -1.07. The fourth-order valence-electron chi connectivity index (χ4n) is 1.64. The zero-order valence-electron chi connectivity index (χ0n) is 11.6. The number of hydrogen-bond acceptors (Lipinski definition) is 3. The molecule has 0 heterocycles. The number of benzene rings is 1. The van der Waals surface area contributed by atoms with Gasteiger partial charge in [0.25, 0.3) is 0 Å². The minimum absolute atomic E-state index is 0.0164. The smallest absolute Gasteiger partial charge is 0.233 e. The molecule has 1 rings (SSSR count). The summed E-state index contributed by atoms with van der Waals surface area (Å²) in [5, 5.41) is 5.97. The highest BCUT2D eigenvalue weighted by Gasteiger charge is 2.05. The predicted molar refractivity (Wildman–Crippen MR) is 80.5 cm³/mol. The second-order valence-corrected chi connectivity index (χ2v) is 5.51. The summed E-state index contributed by atoms with van der Waals surface area (Å²) in [5.74, 6) is 0.861. The number of hydrogen-bond donors (Lipinski definition) is 2. The summed E-state index contributed by atoms with van der Waals surface area (Å²) in [6, 6.07) is 6.18. The van der Waals surface area contributed by atoms with Crippen molar-refractivity contribution in [2.24, 2.45) is 0 Å². The van der Waals surface area contributed by atoms with Crippen molar-refractivity contribution in [3.8, 4) is 5.75 Å². The normalized spacial score (nSPS) is 10.6. The van der Waals surface area contributed by atoms with E-state index in [4.69, 9.17) is 4.74 Å². The molecule has 106 valence electrons. The molecule has 1 amide bonds. The lowest BCUT2D eigenvalue weighted by atomic mass is 10.1. The third kappa shape index (κ3) is 6.07. The van der Waals surface area contributed by atoms with Crippen molar-refractivity contribution in [1.82, 2.24) is 10.6 Å². The second kappa shape index (κ2) is 8.17. The molecule has 4 nitrogen and oxygen atoms in total. The van der Waals surface area contributed by atoms with E-state index in [2.05, 4.69) is 26.6 Å². The average molecular weight is 329 g/mol. The Bertz CT molecular complexity index is 422. The van der Waals surface area contributed by atoms with Crippen LogP contribution < -0.4 is 15.4 Å². The third-order valence-corrected chi connectivity index (χ3v) is 3.12. The van der Waals surface area contributed by atoms with E-state index in [0.29, 0.717) is 19.1 Å². The highest BCUT2D eigenvalue weighted by atomic mass is 79.9. The van der Waals surface area contributed by atoms with Crippen LogP contribution in [0.1, 0.15) is 19.4 Å². The Balaban J connectivity index is 2.40. The molecular formula is C14H21BrN2O2. The molecular weight excluding hydrogens is 308 g/mol. The molecule has 2 N–H and O–H groups in total. The Morgan fingerprint density at radius 2 is 2.16 bits per heavy atom. The summed E-state index contributed by atoms with van der Waals surface area (Å²) >= 11 is 3.43. The molecule has 0 bridgehead atoms. The summed E-state index contributed by atoms with van der Waals surface area (Å²) in [6.45, 7) is 4.98. The van der Waals surface area contributed by atoms with Gasteiger partial charge in [-0.15, -0.1) is 0 Å². The zero-order chi connectivity index (χ0) is 14.3. The van der Waals surface area contributed by atoms with Gasteiger partial charge in [0, 0.05) is 17.1 Å². The standard InChI is InChI=1S/C14H21BrN2O2/c1-10(2)17-9-14(18)16-7-6-11-8-12(15)4-5-13(11)19-3/h4-5,8,10,17H,6-7,9H2,1-3H3,(H,16,18). The molecule has 5 heteroatoms. The van der Waals surface area contributed by atoms with Gasteiger partial charge in [-0.3, -0.25) is 4.79 Å². The van der Waals surface area contributed by atoms with Crippen LogP contribution >= 0.6 is 15.9 Å². The summed E-state index contributed by atoms with van der Waals surface area (Å²) < 4.78 is 6.30. The van der Waals surface area contributed by atoms with Gasteiger partial charge >= 0.3 is 0 Å². The van der Waals surface area contributed by atoms with Crippen LogP contribution in [0.15, 0.2) is 22.7 Å². The number of nitrogens with one attached hydrogen (secondary N) is 2. The van der Waals surface area contributed by atoms with Crippen molar-refractivity contribution in [2.75, 3.05) is 20.2 Å². The van der Waals surface area contributed by atoms with Crippen LogP contribution in [0, 0.1) is 0 Å². The maximum absolute atomic E-state index is 11.5. The summed E-state index contributed by atoms with van der Waals surface area (Å²) in [6.07, 6.45) is 0.746. The second-order valence-electron chi connectivity index (χ2n) is 4.59. The first kappa shape index (κ1) is 16.0. The molecule has 1 aromatic rings. The van der Waals surface area contributed by atoms with Crippen LogP contribution in [0.5, 0.6) is 5.75 Å². The Morgan fingerprint density at radius 3 is 2.79 bits per heavy atom. The Kier molecular flexibility index (Phi) is 6.87. The molecule has 0 aliphatic heterocycles. The van der Waals surface area contributed by atoms with E-state index in [1.807, 2.05) is 32.0 Å². The summed E-state index contributed by atoms with van der Waals surface area (Å²) in [4.78, 5) is 11.5. The fraction of sp³-hybridized carbons (Fsp3) is 0.500. The number of amides is 1. The Labute approximate surface area is 123 Å². The van der Waals surface area contributed by atoms with E-state index >= 15 is 0 Å². The molecule has 0 radical (unpaired) electrons. The number of methoxy groups -OCH3 is 1. The average Bonchev–Trinajstić information content (AvgIpc) is 2.36. The Morgan fingerprint density at radius 1 is 1.42 bits per heavy atom. The van der Waals surface area contributed by atoms with Crippen LogP contribution in [-0.2, 0) is 11.2 Å². The number of rotatable bonds is 7. The van der Waals surface area contributed by atoms with Crippen LogP contribution in [-0.4, -0.2) is 32.1 Å². The van der Waals surface area contributed by atoms with Crippen LogP contribution in [0.2, 0.25) is 0 Å². The van der Waals surface area contributed by atoms with E-state index in [0.717, 1.165) is 22.2 Å². The lowest BCUT2D eigenvalue weighted by Crippen LogP contribution is -2.37. The lowest BCUT2D eigenvalue weighted by Gasteiger charge is -2.11. The van der Waals surface area contributed by atoms with Crippen LogP contribution in [0.4, 0.5) is 0 Å². The first-order valence-electron chi connectivity index (χ1n) is 6.35. The van der Waals surface area contributed by atoms with Gasteiger partial charge in [0.05, 0.1) is 13.7 Å². The van der Waals surface area contributed by atoms with E-state index in [-0.39, 0.29) is 5.91 Å². The highest BCUT2D eigenvalue weighted by molar-refractivity contribution is 9.10. The van der Waals surface area contributed by atoms with Crippen molar-refractivity contribution in [3.63, 3.8) is 0 Å². The van der Waals surface area contributed by atoms with Gasteiger partial charge in [-0.25, -0.2) is 0 Å². The maximum Gasteiger partial charge on any atom is 0.233 e. The van der Waals surface area contributed by atoms with Crippen molar-refractivity contribution >= 4 is 21.8 Å². The third-order valence-electron chi connectivity index (χ3n) is 2.63. The van der Waals surface area contributed by atoms with Gasteiger partial charge in [0.2, 0.25) is 5.91 Å². The monoisotopic (exact) mass is 328 g/mol. The SMILES string of the molecule is COc1ccc(Br)cc1CCNC(=O)CNC(C)C. The van der Waals surface area contributed by atoms with Gasteiger partial charge in [0.15, 0.2) is 0 Å². The molecule has 0 aromatic heterocycles.